The van der Waals surface area contributed by atoms with Gasteiger partial charge in [-0.1, -0.05) is 27.2 Å². The van der Waals surface area contributed by atoms with Crippen molar-refractivity contribution >= 4 is 0 Å². The highest BCUT2D eigenvalue weighted by Crippen LogP contribution is 2.54. The molecular formula is C11H22O. The molecule has 1 aliphatic carbocycles. The molecule has 1 N–H and O–H groups in total. The molecule has 1 nitrogen and oxygen atoms in total. The summed E-state index contributed by atoms with van der Waals surface area (Å²) in [6, 6.07) is 0. The lowest BCUT2D eigenvalue weighted by atomic mass is 9.98. The van der Waals surface area contributed by atoms with Crippen LogP contribution in [0.25, 0.3) is 0 Å². The Morgan fingerprint density at radius 2 is 2.00 bits per heavy atom. The van der Waals surface area contributed by atoms with Gasteiger partial charge in [-0.3, -0.25) is 0 Å². The Morgan fingerprint density at radius 1 is 1.42 bits per heavy atom. The normalized spacial score (nSPS) is 28.5. The SMILES string of the molecule is C[C@@H](CCO)CC[C@H]1CC1(C)C. The Morgan fingerprint density at radius 3 is 2.42 bits per heavy atom. The summed E-state index contributed by atoms with van der Waals surface area (Å²) >= 11 is 0. The van der Waals surface area contributed by atoms with E-state index in [2.05, 4.69) is 20.8 Å². The zero-order chi connectivity index (χ0) is 9.19. The first-order chi connectivity index (χ1) is 5.56. The highest BCUT2D eigenvalue weighted by molar-refractivity contribution is 4.94. The van der Waals surface area contributed by atoms with Crippen LogP contribution in [0, 0.1) is 17.3 Å². The summed E-state index contributed by atoms with van der Waals surface area (Å²) in [6.45, 7) is 7.31. The van der Waals surface area contributed by atoms with E-state index < -0.39 is 0 Å². The van der Waals surface area contributed by atoms with Crippen LogP contribution in [0.4, 0.5) is 0 Å². The largest absolute Gasteiger partial charge is 0.396 e. The van der Waals surface area contributed by atoms with Gasteiger partial charge < -0.3 is 5.11 Å². The molecule has 0 aromatic rings. The van der Waals surface area contributed by atoms with Crippen LogP contribution < -0.4 is 0 Å². The molecule has 0 heterocycles. The minimum atomic E-state index is 0.356. The fourth-order valence-electron chi connectivity index (χ4n) is 1.92. The van der Waals surface area contributed by atoms with Crippen molar-refractivity contribution in [2.75, 3.05) is 6.61 Å². The molecule has 0 aliphatic heterocycles. The van der Waals surface area contributed by atoms with Gasteiger partial charge in [-0.25, -0.2) is 0 Å². The zero-order valence-corrected chi connectivity index (χ0v) is 8.64. The van der Waals surface area contributed by atoms with Crippen LogP contribution >= 0.6 is 0 Å². The molecule has 1 rings (SSSR count). The molecule has 0 unspecified atom stereocenters. The van der Waals surface area contributed by atoms with Gasteiger partial charge in [0.05, 0.1) is 0 Å². The first kappa shape index (κ1) is 10.0. The van der Waals surface area contributed by atoms with Crippen molar-refractivity contribution in [1.29, 1.82) is 0 Å². The first-order valence-electron chi connectivity index (χ1n) is 5.17. The summed E-state index contributed by atoms with van der Waals surface area (Å²) in [6.07, 6.45) is 5.06. The van der Waals surface area contributed by atoms with Crippen LogP contribution in [0.3, 0.4) is 0 Å². The maximum atomic E-state index is 8.72. The Bertz CT molecular complexity index is 140. The molecule has 12 heavy (non-hydrogen) atoms. The van der Waals surface area contributed by atoms with Crippen molar-refractivity contribution in [2.24, 2.45) is 17.3 Å². The maximum Gasteiger partial charge on any atom is 0.0433 e. The summed E-state index contributed by atoms with van der Waals surface area (Å²) < 4.78 is 0. The molecule has 1 fully saturated rings. The van der Waals surface area contributed by atoms with E-state index in [1.165, 1.54) is 19.3 Å². The standard InChI is InChI=1S/C11H22O/c1-9(6-7-12)4-5-10-8-11(10,2)3/h9-10,12H,4-8H2,1-3H3/t9-,10+/m1/s1. The molecule has 0 radical (unpaired) electrons. The smallest absolute Gasteiger partial charge is 0.0433 e. The molecule has 0 amide bonds. The van der Waals surface area contributed by atoms with Crippen molar-refractivity contribution < 1.29 is 5.11 Å². The molecule has 2 atom stereocenters. The van der Waals surface area contributed by atoms with E-state index in [4.69, 9.17) is 5.11 Å². The molecule has 0 spiro atoms. The van der Waals surface area contributed by atoms with Gasteiger partial charge in [0.15, 0.2) is 0 Å². The Labute approximate surface area is 76.2 Å². The molecule has 72 valence electrons. The van der Waals surface area contributed by atoms with Gasteiger partial charge in [0.2, 0.25) is 0 Å². The van der Waals surface area contributed by atoms with Crippen LogP contribution in [0.5, 0.6) is 0 Å². The monoisotopic (exact) mass is 170 g/mol. The minimum absolute atomic E-state index is 0.356. The van der Waals surface area contributed by atoms with E-state index in [9.17, 15) is 0 Å². The highest BCUT2D eigenvalue weighted by atomic mass is 16.3. The summed E-state index contributed by atoms with van der Waals surface area (Å²) in [5.74, 6) is 1.69. The van der Waals surface area contributed by atoms with E-state index in [0.29, 0.717) is 17.9 Å². The topological polar surface area (TPSA) is 20.2 Å². The fourth-order valence-corrected chi connectivity index (χ4v) is 1.92. The quantitative estimate of drug-likeness (QED) is 0.672. The van der Waals surface area contributed by atoms with Crippen molar-refractivity contribution in [3.63, 3.8) is 0 Å². The third kappa shape index (κ3) is 2.78. The molecule has 0 aromatic carbocycles. The van der Waals surface area contributed by atoms with Crippen LogP contribution in [0.2, 0.25) is 0 Å². The average Bonchev–Trinajstić information content (AvgIpc) is 2.56. The molecular weight excluding hydrogens is 148 g/mol. The maximum absolute atomic E-state index is 8.72. The lowest BCUT2D eigenvalue weighted by molar-refractivity contribution is 0.255. The first-order valence-corrected chi connectivity index (χ1v) is 5.17. The minimum Gasteiger partial charge on any atom is -0.396 e. The number of hydrogen-bond acceptors (Lipinski definition) is 1. The summed E-state index contributed by atoms with van der Waals surface area (Å²) in [4.78, 5) is 0. The Hall–Kier alpha value is -0.0400. The second-order valence-corrected chi connectivity index (χ2v) is 5.08. The Balaban J connectivity index is 2.03. The lowest BCUT2D eigenvalue weighted by Crippen LogP contribution is -2.00. The number of aliphatic hydroxyl groups excluding tert-OH is 1. The summed E-state index contributed by atoms with van der Waals surface area (Å²) in [7, 11) is 0. The third-order valence-corrected chi connectivity index (χ3v) is 3.35. The molecule has 1 aliphatic rings. The highest BCUT2D eigenvalue weighted by Gasteiger charge is 2.44. The zero-order valence-electron chi connectivity index (χ0n) is 8.64. The van der Waals surface area contributed by atoms with Crippen molar-refractivity contribution in [3.05, 3.63) is 0 Å². The van der Waals surface area contributed by atoms with Crippen LogP contribution in [-0.2, 0) is 0 Å². The predicted molar refractivity (Wildman–Crippen MR) is 52.0 cm³/mol. The second-order valence-electron chi connectivity index (χ2n) is 5.08. The number of aliphatic hydroxyl groups is 1. The van der Waals surface area contributed by atoms with E-state index >= 15 is 0 Å². The van der Waals surface area contributed by atoms with E-state index in [1.807, 2.05) is 0 Å². The van der Waals surface area contributed by atoms with Crippen molar-refractivity contribution in [2.45, 2.75) is 46.5 Å². The fraction of sp³-hybridized carbons (Fsp3) is 1.00. The van der Waals surface area contributed by atoms with Crippen molar-refractivity contribution in [3.8, 4) is 0 Å². The molecule has 0 aromatic heterocycles. The van der Waals surface area contributed by atoms with Gasteiger partial charge >= 0.3 is 0 Å². The van der Waals surface area contributed by atoms with E-state index in [1.54, 1.807) is 0 Å². The molecule has 0 saturated heterocycles. The van der Waals surface area contributed by atoms with E-state index in [0.717, 1.165) is 12.3 Å². The van der Waals surface area contributed by atoms with Crippen LogP contribution in [0.1, 0.15) is 46.5 Å². The van der Waals surface area contributed by atoms with Gasteiger partial charge in [0.1, 0.15) is 0 Å². The number of hydrogen-bond donors (Lipinski definition) is 1. The van der Waals surface area contributed by atoms with Crippen LogP contribution in [0.15, 0.2) is 0 Å². The predicted octanol–water partition coefficient (Wildman–Crippen LogP) is 2.83. The van der Waals surface area contributed by atoms with Gasteiger partial charge in [-0.15, -0.1) is 0 Å². The van der Waals surface area contributed by atoms with Gasteiger partial charge in [-0.05, 0) is 36.5 Å². The second kappa shape index (κ2) is 3.78. The summed E-state index contributed by atoms with van der Waals surface area (Å²) in [5, 5.41) is 8.72. The van der Waals surface area contributed by atoms with Gasteiger partial charge in [0, 0.05) is 6.61 Å². The van der Waals surface area contributed by atoms with Gasteiger partial charge in [-0.2, -0.15) is 0 Å². The molecule has 1 heteroatoms. The lowest BCUT2D eigenvalue weighted by Gasteiger charge is -2.09. The number of rotatable bonds is 5. The average molecular weight is 170 g/mol. The summed E-state index contributed by atoms with van der Waals surface area (Å²) in [5.41, 5.74) is 0.638. The van der Waals surface area contributed by atoms with Crippen LogP contribution in [-0.4, -0.2) is 11.7 Å². The molecule has 0 bridgehead atoms. The van der Waals surface area contributed by atoms with Crippen molar-refractivity contribution in [1.82, 2.24) is 0 Å². The third-order valence-electron chi connectivity index (χ3n) is 3.35. The molecule has 1 saturated carbocycles. The van der Waals surface area contributed by atoms with Gasteiger partial charge in [0.25, 0.3) is 0 Å². The Kier molecular flexibility index (Phi) is 3.16. The van der Waals surface area contributed by atoms with E-state index in [-0.39, 0.29) is 0 Å².